The van der Waals surface area contributed by atoms with Crippen molar-refractivity contribution in [3.63, 3.8) is 0 Å². The quantitative estimate of drug-likeness (QED) is 0.900. The first-order valence-corrected chi connectivity index (χ1v) is 6.57. The zero-order chi connectivity index (χ0) is 15.4. The first-order valence-electron chi connectivity index (χ1n) is 6.57. The molecule has 0 saturated heterocycles. The van der Waals surface area contributed by atoms with Gasteiger partial charge in [0, 0.05) is 24.7 Å². The van der Waals surface area contributed by atoms with Crippen molar-refractivity contribution < 1.29 is 4.39 Å². The Labute approximate surface area is 122 Å². The Hall–Kier alpha value is -2.68. The number of benzene rings is 1. The molecule has 1 aromatic heterocycles. The SMILES string of the molecule is CNc1cc(Nc2ccc(F)c(C#N)c2)nc(C(C)C)n1. The molecule has 0 fully saturated rings. The van der Waals surface area contributed by atoms with Crippen LogP contribution in [-0.2, 0) is 0 Å². The number of rotatable bonds is 4. The first-order chi connectivity index (χ1) is 10.0. The Balaban J connectivity index is 2.35. The maximum Gasteiger partial charge on any atom is 0.141 e. The number of hydrogen-bond acceptors (Lipinski definition) is 5. The molecule has 2 aromatic rings. The van der Waals surface area contributed by atoms with Crippen LogP contribution in [0.1, 0.15) is 31.2 Å². The van der Waals surface area contributed by atoms with Gasteiger partial charge >= 0.3 is 0 Å². The van der Waals surface area contributed by atoms with Gasteiger partial charge < -0.3 is 10.6 Å². The second-order valence-corrected chi connectivity index (χ2v) is 4.83. The van der Waals surface area contributed by atoms with Crippen LogP contribution in [-0.4, -0.2) is 17.0 Å². The number of anilines is 3. The standard InChI is InChI=1S/C15H16FN5/c1-9(2)15-20-13(18-3)7-14(21-15)19-11-4-5-12(16)10(6-11)8-17/h4-7,9H,1-3H3,(H2,18,19,20,21). The Bertz CT molecular complexity index is 691. The summed E-state index contributed by atoms with van der Waals surface area (Å²) in [5, 5.41) is 14.9. The molecule has 0 radical (unpaired) electrons. The topological polar surface area (TPSA) is 73.6 Å². The van der Waals surface area contributed by atoms with Crippen molar-refractivity contribution in [2.75, 3.05) is 17.7 Å². The third-order valence-electron chi connectivity index (χ3n) is 2.88. The van der Waals surface area contributed by atoms with Crippen LogP contribution in [0.2, 0.25) is 0 Å². The summed E-state index contributed by atoms with van der Waals surface area (Å²) in [6.07, 6.45) is 0. The van der Waals surface area contributed by atoms with Crippen molar-refractivity contribution in [1.82, 2.24) is 9.97 Å². The Morgan fingerprint density at radius 1 is 1.19 bits per heavy atom. The van der Waals surface area contributed by atoms with Crippen molar-refractivity contribution in [2.45, 2.75) is 19.8 Å². The van der Waals surface area contributed by atoms with Crippen LogP contribution < -0.4 is 10.6 Å². The van der Waals surface area contributed by atoms with E-state index in [0.29, 0.717) is 23.1 Å². The highest BCUT2D eigenvalue weighted by Crippen LogP contribution is 2.21. The van der Waals surface area contributed by atoms with Gasteiger partial charge in [0.15, 0.2) is 0 Å². The van der Waals surface area contributed by atoms with Crippen LogP contribution in [0.3, 0.4) is 0 Å². The van der Waals surface area contributed by atoms with Crippen molar-refractivity contribution in [3.05, 3.63) is 41.5 Å². The van der Waals surface area contributed by atoms with Crippen LogP contribution in [0.15, 0.2) is 24.3 Å². The molecule has 108 valence electrons. The Morgan fingerprint density at radius 3 is 2.52 bits per heavy atom. The van der Waals surface area contributed by atoms with E-state index in [0.717, 1.165) is 0 Å². The minimum atomic E-state index is -0.537. The number of hydrogen-bond donors (Lipinski definition) is 2. The fourth-order valence-corrected chi connectivity index (χ4v) is 1.75. The molecule has 0 saturated carbocycles. The van der Waals surface area contributed by atoms with Gasteiger partial charge in [-0.1, -0.05) is 13.8 Å². The summed E-state index contributed by atoms with van der Waals surface area (Å²) in [6.45, 7) is 4.01. The van der Waals surface area contributed by atoms with E-state index in [-0.39, 0.29) is 11.5 Å². The van der Waals surface area contributed by atoms with Crippen LogP contribution in [0.4, 0.5) is 21.7 Å². The lowest BCUT2D eigenvalue weighted by Crippen LogP contribution is -2.05. The summed E-state index contributed by atoms with van der Waals surface area (Å²) in [5.74, 6) is 1.63. The second kappa shape index (κ2) is 6.18. The molecule has 0 unspecified atom stereocenters. The molecule has 0 aliphatic heterocycles. The molecule has 0 bridgehead atoms. The molecular formula is C15H16FN5. The highest BCUT2D eigenvalue weighted by Gasteiger charge is 2.09. The van der Waals surface area contributed by atoms with Crippen molar-refractivity contribution in [1.29, 1.82) is 5.26 Å². The summed E-state index contributed by atoms with van der Waals surface area (Å²) in [5.41, 5.74) is 0.593. The van der Waals surface area contributed by atoms with E-state index in [1.165, 1.54) is 12.1 Å². The summed E-state index contributed by atoms with van der Waals surface area (Å²) >= 11 is 0. The van der Waals surface area contributed by atoms with Gasteiger partial charge in [-0.15, -0.1) is 0 Å². The minimum Gasteiger partial charge on any atom is -0.373 e. The minimum absolute atomic E-state index is 0.00743. The highest BCUT2D eigenvalue weighted by atomic mass is 19.1. The molecule has 0 amide bonds. The van der Waals surface area contributed by atoms with Crippen molar-refractivity contribution in [2.24, 2.45) is 0 Å². The monoisotopic (exact) mass is 285 g/mol. The molecule has 0 aliphatic carbocycles. The lowest BCUT2D eigenvalue weighted by Gasteiger charge is -2.11. The predicted molar refractivity (Wildman–Crippen MR) is 80.1 cm³/mol. The van der Waals surface area contributed by atoms with Gasteiger partial charge in [0.05, 0.1) is 5.56 Å². The lowest BCUT2D eigenvalue weighted by atomic mass is 10.2. The largest absolute Gasteiger partial charge is 0.373 e. The van der Waals surface area contributed by atoms with Gasteiger partial charge in [0.25, 0.3) is 0 Å². The second-order valence-electron chi connectivity index (χ2n) is 4.83. The molecule has 1 aromatic carbocycles. The zero-order valence-electron chi connectivity index (χ0n) is 12.1. The average Bonchev–Trinajstić information content (AvgIpc) is 2.48. The van der Waals surface area contributed by atoms with Crippen molar-refractivity contribution in [3.8, 4) is 6.07 Å². The van der Waals surface area contributed by atoms with Gasteiger partial charge in [-0.2, -0.15) is 5.26 Å². The molecule has 1 heterocycles. The number of halogens is 1. The number of nitriles is 1. The van der Waals surface area contributed by atoms with Crippen LogP contribution in [0, 0.1) is 17.1 Å². The van der Waals surface area contributed by atoms with Gasteiger partial charge in [0.1, 0.15) is 29.3 Å². The Morgan fingerprint density at radius 2 is 1.90 bits per heavy atom. The van der Waals surface area contributed by atoms with E-state index >= 15 is 0 Å². The fraction of sp³-hybridized carbons (Fsp3) is 0.267. The van der Waals surface area contributed by atoms with E-state index in [4.69, 9.17) is 5.26 Å². The molecule has 0 spiro atoms. The molecular weight excluding hydrogens is 269 g/mol. The highest BCUT2D eigenvalue weighted by molar-refractivity contribution is 5.61. The third kappa shape index (κ3) is 3.45. The third-order valence-corrected chi connectivity index (χ3v) is 2.88. The van der Waals surface area contributed by atoms with Crippen LogP contribution in [0.5, 0.6) is 0 Å². The van der Waals surface area contributed by atoms with Gasteiger partial charge in [-0.05, 0) is 18.2 Å². The summed E-state index contributed by atoms with van der Waals surface area (Å²) < 4.78 is 13.3. The molecule has 2 rings (SSSR count). The van der Waals surface area contributed by atoms with Crippen LogP contribution >= 0.6 is 0 Å². The molecule has 2 N–H and O–H groups in total. The van der Waals surface area contributed by atoms with E-state index in [9.17, 15) is 4.39 Å². The van der Waals surface area contributed by atoms with Gasteiger partial charge in [-0.25, -0.2) is 14.4 Å². The molecule has 0 aliphatic rings. The fourth-order valence-electron chi connectivity index (χ4n) is 1.75. The maximum atomic E-state index is 13.3. The Kier molecular flexibility index (Phi) is 4.33. The summed E-state index contributed by atoms with van der Waals surface area (Å²) in [6, 6.07) is 7.83. The number of nitrogens with one attached hydrogen (secondary N) is 2. The first kappa shape index (κ1) is 14.7. The zero-order valence-corrected chi connectivity index (χ0v) is 12.1. The van der Waals surface area contributed by atoms with Gasteiger partial charge in [-0.3, -0.25) is 0 Å². The number of aromatic nitrogens is 2. The summed E-state index contributed by atoms with van der Waals surface area (Å²) in [4.78, 5) is 8.78. The molecule has 0 atom stereocenters. The predicted octanol–water partition coefficient (Wildman–Crippen LogP) is 3.40. The van der Waals surface area contributed by atoms with E-state index in [1.54, 1.807) is 19.2 Å². The molecule has 5 nitrogen and oxygen atoms in total. The molecule has 6 heteroatoms. The normalized spacial score (nSPS) is 10.3. The van der Waals surface area contributed by atoms with Gasteiger partial charge in [0.2, 0.25) is 0 Å². The van der Waals surface area contributed by atoms with E-state index < -0.39 is 5.82 Å². The molecule has 21 heavy (non-hydrogen) atoms. The average molecular weight is 285 g/mol. The maximum absolute atomic E-state index is 13.3. The number of nitrogens with zero attached hydrogens (tertiary/aromatic N) is 3. The van der Waals surface area contributed by atoms with Crippen LogP contribution in [0.25, 0.3) is 0 Å². The van der Waals surface area contributed by atoms with E-state index in [1.807, 2.05) is 19.9 Å². The summed E-state index contributed by atoms with van der Waals surface area (Å²) in [7, 11) is 1.78. The van der Waals surface area contributed by atoms with Crippen molar-refractivity contribution >= 4 is 17.3 Å². The smallest absolute Gasteiger partial charge is 0.141 e. The lowest BCUT2D eigenvalue weighted by molar-refractivity contribution is 0.624. The van der Waals surface area contributed by atoms with E-state index in [2.05, 4.69) is 20.6 Å².